The molecular formula is C26H28ClN3O2. The van der Waals surface area contributed by atoms with Gasteiger partial charge in [0, 0.05) is 38.4 Å². The predicted octanol–water partition coefficient (Wildman–Crippen LogP) is 4.49. The molecule has 0 radical (unpaired) electrons. The molecule has 0 unspecified atom stereocenters. The van der Waals surface area contributed by atoms with Crippen LogP contribution in [0.2, 0.25) is 5.15 Å². The van der Waals surface area contributed by atoms with Crippen LogP contribution >= 0.6 is 11.6 Å². The van der Waals surface area contributed by atoms with E-state index in [1.165, 1.54) is 0 Å². The zero-order chi connectivity index (χ0) is 22.3. The van der Waals surface area contributed by atoms with Gasteiger partial charge in [-0.3, -0.25) is 9.69 Å². The SMILES string of the molecule is Cc1cc(CN2CCN(C(=O)COC(c3ccccc3)c3ccccc3)CC2)cc(Cl)n1. The number of hydrogen-bond donors (Lipinski definition) is 0. The highest BCUT2D eigenvalue weighted by Gasteiger charge is 2.23. The second-order valence-electron chi connectivity index (χ2n) is 8.11. The molecule has 1 aliphatic heterocycles. The maximum absolute atomic E-state index is 12.9. The van der Waals surface area contributed by atoms with Crippen molar-refractivity contribution in [2.45, 2.75) is 19.6 Å². The summed E-state index contributed by atoms with van der Waals surface area (Å²) < 4.78 is 6.15. The molecule has 0 spiro atoms. The van der Waals surface area contributed by atoms with Gasteiger partial charge in [-0.15, -0.1) is 0 Å². The first kappa shape index (κ1) is 22.5. The largest absolute Gasteiger partial charge is 0.359 e. The van der Waals surface area contributed by atoms with Crippen LogP contribution < -0.4 is 0 Å². The quantitative estimate of drug-likeness (QED) is 0.498. The second-order valence-corrected chi connectivity index (χ2v) is 8.50. The molecule has 5 nitrogen and oxygen atoms in total. The lowest BCUT2D eigenvalue weighted by Gasteiger charge is -2.35. The summed E-state index contributed by atoms with van der Waals surface area (Å²) in [7, 11) is 0. The molecule has 1 saturated heterocycles. The van der Waals surface area contributed by atoms with Crippen molar-refractivity contribution in [3.8, 4) is 0 Å². The number of carbonyl (C=O) groups excluding carboxylic acids is 1. The van der Waals surface area contributed by atoms with Crippen LogP contribution in [0.4, 0.5) is 0 Å². The Hall–Kier alpha value is -2.73. The van der Waals surface area contributed by atoms with E-state index in [1.807, 2.05) is 78.6 Å². The van der Waals surface area contributed by atoms with E-state index in [9.17, 15) is 4.79 Å². The third-order valence-corrected chi connectivity index (χ3v) is 5.88. The Balaban J connectivity index is 1.32. The standard InChI is InChI=1S/C26H28ClN3O2/c1-20-16-21(17-24(27)28-20)18-29-12-14-30(15-13-29)25(31)19-32-26(22-8-4-2-5-9-22)23-10-6-3-7-11-23/h2-11,16-17,26H,12-15,18-19H2,1H3. The van der Waals surface area contributed by atoms with Crippen molar-refractivity contribution < 1.29 is 9.53 Å². The summed E-state index contributed by atoms with van der Waals surface area (Å²) in [6.45, 7) is 5.86. The Kier molecular flexibility index (Phi) is 7.53. The van der Waals surface area contributed by atoms with Gasteiger partial charge in [0.15, 0.2) is 0 Å². The fourth-order valence-electron chi connectivity index (χ4n) is 4.09. The molecule has 6 heteroatoms. The third kappa shape index (κ3) is 5.94. The lowest BCUT2D eigenvalue weighted by molar-refractivity contribution is -0.139. The molecule has 1 fully saturated rings. The summed E-state index contributed by atoms with van der Waals surface area (Å²) in [5.41, 5.74) is 4.16. The zero-order valence-electron chi connectivity index (χ0n) is 18.3. The summed E-state index contributed by atoms with van der Waals surface area (Å²) in [4.78, 5) is 21.3. The molecule has 2 heterocycles. The Labute approximate surface area is 194 Å². The van der Waals surface area contributed by atoms with Crippen molar-refractivity contribution in [2.24, 2.45) is 0 Å². The minimum Gasteiger partial charge on any atom is -0.359 e. The van der Waals surface area contributed by atoms with Crippen molar-refractivity contribution in [2.75, 3.05) is 32.8 Å². The maximum Gasteiger partial charge on any atom is 0.248 e. The van der Waals surface area contributed by atoms with Crippen LogP contribution in [0.25, 0.3) is 0 Å². The molecule has 1 aliphatic rings. The molecule has 32 heavy (non-hydrogen) atoms. The van der Waals surface area contributed by atoms with Crippen LogP contribution in [0.5, 0.6) is 0 Å². The van der Waals surface area contributed by atoms with E-state index in [0.717, 1.165) is 42.0 Å². The molecule has 0 atom stereocenters. The van der Waals surface area contributed by atoms with Crippen LogP contribution in [0.15, 0.2) is 72.8 Å². The number of hydrogen-bond acceptors (Lipinski definition) is 4. The average molecular weight is 450 g/mol. The second kappa shape index (κ2) is 10.7. The van der Waals surface area contributed by atoms with Crippen molar-refractivity contribution in [3.63, 3.8) is 0 Å². The number of amides is 1. The molecule has 166 valence electrons. The monoisotopic (exact) mass is 449 g/mol. The summed E-state index contributed by atoms with van der Waals surface area (Å²) in [6, 6.07) is 24.1. The number of rotatable bonds is 7. The first-order valence-corrected chi connectivity index (χ1v) is 11.3. The van der Waals surface area contributed by atoms with Crippen LogP contribution in [0.1, 0.15) is 28.5 Å². The number of aromatic nitrogens is 1. The Morgan fingerprint density at radius 1 is 0.969 bits per heavy atom. The highest BCUT2D eigenvalue weighted by molar-refractivity contribution is 6.29. The number of ether oxygens (including phenoxy) is 1. The van der Waals surface area contributed by atoms with E-state index < -0.39 is 0 Å². The summed E-state index contributed by atoms with van der Waals surface area (Å²) >= 11 is 6.08. The molecule has 2 aromatic carbocycles. The number of aryl methyl sites for hydroxylation is 1. The van der Waals surface area contributed by atoms with E-state index in [-0.39, 0.29) is 18.6 Å². The molecule has 0 aliphatic carbocycles. The smallest absolute Gasteiger partial charge is 0.248 e. The fraction of sp³-hybridized carbons (Fsp3) is 0.308. The minimum atomic E-state index is -0.262. The van der Waals surface area contributed by atoms with Gasteiger partial charge in [0.2, 0.25) is 5.91 Å². The molecule has 0 bridgehead atoms. The highest BCUT2D eigenvalue weighted by atomic mass is 35.5. The van der Waals surface area contributed by atoms with E-state index in [1.54, 1.807) is 0 Å². The third-order valence-electron chi connectivity index (χ3n) is 5.69. The van der Waals surface area contributed by atoms with Crippen LogP contribution in [0, 0.1) is 6.92 Å². The number of pyridine rings is 1. The molecule has 1 aromatic heterocycles. The highest BCUT2D eigenvalue weighted by Crippen LogP contribution is 2.26. The Morgan fingerprint density at radius 3 is 2.12 bits per heavy atom. The summed E-state index contributed by atoms with van der Waals surface area (Å²) in [5, 5.41) is 0.525. The molecule has 4 rings (SSSR count). The molecule has 0 saturated carbocycles. The van der Waals surface area contributed by atoms with Crippen LogP contribution in [-0.2, 0) is 16.1 Å². The molecule has 0 N–H and O–H groups in total. The van der Waals surface area contributed by atoms with Gasteiger partial charge in [-0.25, -0.2) is 4.98 Å². The first-order valence-electron chi connectivity index (χ1n) is 10.9. The number of piperazine rings is 1. The number of benzene rings is 2. The van der Waals surface area contributed by atoms with Crippen molar-refractivity contribution in [3.05, 3.63) is 100 Å². The lowest BCUT2D eigenvalue weighted by Crippen LogP contribution is -2.49. The van der Waals surface area contributed by atoms with Crippen molar-refractivity contribution in [1.29, 1.82) is 0 Å². The number of nitrogens with zero attached hydrogens (tertiary/aromatic N) is 3. The van der Waals surface area contributed by atoms with Gasteiger partial charge >= 0.3 is 0 Å². The van der Waals surface area contributed by atoms with E-state index in [2.05, 4.69) is 16.0 Å². The summed E-state index contributed by atoms with van der Waals surface area (Å²) in [6.07, 6.45) is -0.262. The van der Waals surface area contributed by atoms with Gasteiger partial charge < -0.3 is 9.64 Å². The maximum atomic E-state index is 12.9. The molecular weight excluding hydrogens is 422 g/mol. The van der Waals surface area contributed by atoms with Crippen molar-refractivity contribution >= 4 is 17.5 Å². The zero-order valence-corrected chi connectivity index (χ0v) is 19.0. The average Bonchev–Trinajstić information content (AvgIpc) is 2.80. The van der Waals surface area contributed by atoms with Gasteiger partial charge in [0.05, 0.1) is 0 Å². The topological polar surface area (TPSA) is 45.7 Å². The molecule has 1 amide bonds. The Bertz CT molecular complexity index is 962. The van der Waals surface area contributed by atoms with Crippen LogP contribution in [0.3, 0.4) is 0 Å². The van der Waals surface area contributed by atoms with E-state index >= 15 is 0 Å². The minimum absolute atomic E-state index is 0.0318. The fourth-order valence-corrected chi connectivity index (χ4v) is 4.36. The van der Waals surface area contributed by atoms with Gasteiger partial charge in [-0.05, 0) is 35.7 Å². The number of halogens is 1. The van der Waals surface area contributed by atoms with E-state index in [0.29, 0.717) is 18.2 Å². The summed E-state index contributed by atoms with van der Waals surface area (Å²) in [5.74, 6) is 0.0318. The predicted molar refractivity (Wildman–Crippen MR) is 127 cm³/mol. The Morgan fingerprint density at radius 2 is 1.56 bits per heavy atom. The van der Waals surface area contributed by atoms with Gasteiger partial charge in [-0.2, -0.15) is 0 Å². The van der Waals surface area contributed by atoms with Crippen LogP contribution in [-0.4, -0.2) is 53.5 Å². The van der Waals surface area contributed by atoms with Gasteiger partial charge in [0.25, 0.3) is 0 Å². The number of carbonyl (C=O) groups is 1. The van der Waals surface area contributed by atoms with Gasteiger partial charge in [-0.1, -0.05) is 72.3 Å². The van der Waals surface area contributed by atoms with E-state index in [4.69, 9.17) is 16.3 Å². The van der Waals surface area contributed by atoms with Crippen molar-refractivity contribution in [1.82, 2.24) is 14.8 Å². The lowest BCUT2D eigenvalue weighted by atomic mass is 10.0. The van der Waals surface area contributed by atoms with Gasteiger partial charge in [0.1, 0.15) is 17.9 Å². The molecule has 3 aromatic rings. The first-order chi connectivity index (χ1) is 15.6. The normalized spacial score (nSPS) is 14.7.